The number of thiocarbonyl (C=S) groups is 1. The van der Waals surface area contributed by atoms with Gasteiger partial charge in [-0.3, -0.25) is 10.1 Å². The fourth-order valence-corrected chi connectivity index (χ4v) is 3.94. The summed E-state index contributed by atoms with van der Waals surface area (Å²) in [5.41, 5.74) is 4.28. The van der Waals surface area contributed by atoms with Crippen LogP contribution in [-0.4, -0.2) is 26.0 Å². The van der Waals surface area contributed by atoms with Crippen LogP contribution in [0, 0.1) is 17.0 Å². The third kappa shape index (κ3) is 3.36. The molecule has 0 fully saturated rings. The van der Waals surface area contributed by atoms with Crippen molar-refractivity contribution in [2.45, 2.75) is 19.5 Å². The number of fused-ring (bicyclic) bond motifs is 1. The summed E-state index contributed by atoms with van der Waals surface area (Å²) in [5, 5.41) is 15.0. The quantitative estimate of drug-likeness (QED) is 0.404. The Morgan fingerprint density at radius 3 is 2.57 bits per heavy atom. The van der Waals surface area contributed by atoms with Gasteiger partial charge in [0.2, 0.25) is 0 Å². The first-order valence-electron chi connectivity index (χ1n) is 9.07. The van der Waals surface area contributed by atoms with Crippen molar-refractivity contribution in [2.24, 2.45) is 0 Å². The number of rotatable bonds is 3. The van der Waals surface area contributed by atoms with E-state index in [0.717, 1.165) is 35.6 Å². The highest BCUT2D eigenvalue weighted by Gasteiger charge is 2.31. The van der Waals surface area contributed by atoms with Crippen LogP contribution in [0.25, 0.3) is 0 Å². The SMILES string of the molecule is Cc1ccccc1NC(=S)N1CCn2cccc2C1c1ccc([N+](=O)[O-])cc1. The molecule has 1 unspecified atom stereocenters. The Bertz CT molecular complexity index is 1030. The summed E-state index contributed by atoms with van der Waals surface area (Å²) >= 11 is 5.76. The summed E-state index contributed by atoms with van der Waals surface area (Å²) in [7, 11) is 0. The van der Waals surface area contributed by atoms with Crippen LogP contribution < -0.4 is 5.32 Å². The van der Waals surface area contributed by atoms with Gasteiger partial charge in [-0.2, -0.15) is 0 Å². The molecule has 1 aliphatic rings. The summed E-state index contributed by atoms with van der Waals surface area (Å²) in [6.07, 6.45) is 2.06. The van der Waals surface area contributed by atoms with Gasteiger partial charge in [-0.1, -0.05) is 18.2 Å². The molecule has 0 saturated heterocycles. The van der Waals surface area contributed by atoms with Crippen molar-refractivity contribution in [2.75, 3.05) is 11.9 Å². The topological polar surface area (TPSA) is 63.3 Å². The van der Waals surface area contributed by atoms with Crippen LogP contribution in [0.2, 0.25) is 0 Å². The van der Waals surface area contributed by atoms with Crippen LogP contribution in [0.1, 0.15) is 22.9 Å². The Morgan fingerprint density at radius 1 is 1.11 bits per heavy atom. The van der Waals surface area contributed by atoms with E-state index < -0.39 is 0 Å². The van der Waals surface area contributed by atoms with Gasteiger partial charge in [-0.05, 0) is 60.6 Å². The monoisotopic (exact) mass is 392 g/mol. The molecule has 0 radical (unpaired) electrons. The van der Waals surface area contributed by atoms with Crippen molar-refractivity contribution in [3.05, 3.63) is 93.8 Å². The average Bonchev–Trinajstić information content (AvgIpc) is 3.18. The predicted molar refractivity (Wildman–Crippen MR) is 113 cm³/mol. The third-order valence-electron chi connectivity index (χ3n) is 5.11. The molecule has 2 aromatic carbocycles. The minimum Gasteiger partial charge on any atom is -0.348 e. The van der Waals surface area contributed by atoms with Gasteiger partial charge in [0.05, 0.1) is 11.0 Å². The van der Waals surface area contributed by atoms with Gasteiger partial charge >= 0.3 is 0 Å². The van der Waals surface area contributed by atoms with Crippen LogP contribution in [-0.2, 0) is 6.54 Å². The number of aromatic nitrogens is 1. The van der Waals surface area contributed by atoms with Gasteiger partial charge in [-0.15, -0.1) is 0 Å². The van der Waals surface area contributed by atoms with Crippen molar-refractivity contribution in [1.29, 1.82) is 0 Å². The highest BCUT2D eigenvalue weighted by molar-refractivity contribution is 7.80. The second-order valence-electron chi connectivity index (χ2n) is 6.82. The zero-order chi connectivity index (χ0) is 19.7. The standard InChI is InChI=1S/C21H20N4O2S/c1-15-5-2-3-6-18(15)22-21(28)24-14-13-23-12-4-7-19(23)20(24)16-8-10-17(11-9-16)25(26)27/h2-12,20H,13-14H2,1H3,(H,22,28). The molecule has 0 spiro atoms. The molecule has 1 aromatic heterocycles. The van der Waals surface area contributed by atoms with Crippen molar-refractivity contribution >= 4 is 28.7 Å². The number of nitro benzene ring substituents is 1. The first kappa shape index (κ1) is 18.2. The Balaban J connectivity index is 1.68. The summed E-state index contributed by atoms with van der Waals surface area (Å²) in [4.78, 5) is 12.8. The number of nitro groups is 1. The molecular formula is C21H20N4O2S. The molecular weight excluding hydrogens is 372 g/mol. The van der Waals surface area contributed by atoms with Crippen LogP contribution in [0.5, 0.6) is 0 Å². The lowest BCUT2D eigenvalue weighted by atomic mass is 10.00. The average molecular weight is 392 g/mol. The first-order chi connectivity index (χ1) is 13.5. The normalized spacial score (nSPS) is 15.8. The fraction of sp³-hybridized carbons (Fsp3) is 0.190. The van der Waals surface area contributed by atoms with Gasteiger partial charge in [0.1, 0.15) is 0 Å². The van der Waals surface area contributed by atoms with Crippen LogP contribution in [0.3, 0.4) is 0 Å². The molecule has 7 heteroatoms. The number of hydrogen-bond donors (Lipinski definition) is 1. The Kier molecular flexibility index (Phi) is 4.83. The second kappa shape index (κ2) is 7.44. The van der Waals surface area contributed by atoms with Crippen molar-refractivity contribution in [3.8, 4) is 0 Å². The molecule has 0 saturated carbocycles. The van der Waals surface area contributed by atoms with E-state index in [1.54, 1.807) is 12.1 Å². The molecule has 0 aliphatic carbocycles. The number of non-ortho nitro benzene ring substituents is 1. The maximum Gasteiger partial charge on any atom is 0.269 e. The lowest BCUT2D eigenvalue weighted by molar-refractivity contribution is -0.384. The van der Waals surface area contributed by atoms with Crippen molar-refractivity contribution in [1.82, 2.24) is 9.47 Å². The van der Waals surface area contributed by atoms with Crippen molar-refractivity contribution in [3.63, 3.8) is 0 Å². The van der Waals surface area contributed by atoms with Gasteiger partial charge < -0.3 is 14.8 Å². The van der Waals surface area contributed by atoms with E-state index in [9.17, 15) is 10.1 Å². The Labute approximate surface area is 168 Å². The molecule has 28 heavy (non-hydrogen) atoms. The van der Waals surface area contributed by atoms with E-state index in [1.165, 1.54) is 0 Å². The summed E-state index contributed by atoms with van der Waals surface area (Å²) in [5.74, 6) is 0. The van der Waals surface area contributed by atoms with E-state index >= 15 is 0 Å². The van der Waals surface area contributed by atoms with Gasteiger partial charge in [0, 0.05) is 42.8 Å². The van der Waals surface area contributed by atoms with Crippen molar-refractivity contribution < 1.29 is 4.92 Å². The summed E-state index contributed by atoms with van der Waals surface area (Å²) in [6, 6.07) is 18.8. The summed E-state index contributed by atoms with van der Waals surface area (Å²) in [6.45, 7) is 3.63. The molecule has 3 aromatic rings. The molecule has 1 N–H and O–H groups in total. The highest BCUT2D eigenvalue weighted by atomic mass is 32.1. The minimum atomic E-state index is -0.379. The Hall–Kier alpha value is -3.19. The number of benzene rings is 2. The predicted octanol–water partition coefficient (Wildman–Crippen LogP) is 4.51. The molecule has 4 rings (SSSR count). The van der Waals surface area contributed by atoms with Crippen LogP contribution in [0.4, 0.5) is 11.4 Å². The lowest BCUT2D eigenvalue weighted by Crippen LogP contribution is -2.44. The first-order valence-corrected chi connectivity index (χ1v) is 9.48. The number of para-hydroxylation sites is 1. The molecule has 142 valence electrons. The maximum atomic E-state index is 11.0. The van der Waals surface area contributed by atoms with Crippen LogP contribution in [0.15, 0.2) is 66.9 Å². The van der Waals surface area contributed by atoms with E-state index in [-0.39, 0.29) is 16.7 Å². The zero-order valence-electron chi connectivity index (χ0n) is 15.4. The van der Waals surface area contributed by atoms with E-state index in [0.29, 0.717) is 5.11 Å². The smallest absolute Gasteiger partial charge is 0.269 e. The fourth-order valence-electron chi connectivity index (χ4n) is 3.63. The molecule has 0 bridgehead atoms. The zero-order valence-corrected chi connectivity index (χ0v) is 16.2. The molecule has 2 heterocycles. The number of nitrogens with one attached hydrogen (secondary N) is 1. The van der Waals surface area contributed by atoms with Gasteiger partial charge in [0.25, 0.3) is 5.69 Å². The third-order valence-corrected chi connectivity index (χ3v) is 5.44. The molecule has 1 atom stereocenters. The largest absolute Gasteiger partial charge is 0.348 e. The number of aryl methyl sites for hydroxylation is 1. The van der Waals surface area contributed by atoms with Crippen LogP contribution >= 0.6 is 12.2 Å². The highest BCUT2D eigenvalue weighted by Crippen LogP contribution is 2.34. The Morgan fingerprint density at radius 2 is 1.86 bits per heavy atom. The lowest BCUT2D eigenvalue weighted by Gasteiger charge is -2.39. The second-order valence-corrected chi connectivity index (χ2v) is 7.20. The molecule has 6 nitrogen and oxygen atoms in total. The number of nitrogens with zero attached hydrogens (tertiary/aromatic N) is 3. The minimum absolute atomic E-state index is 0.0853. The van der Waals surface area contributed by atoms with Gasteiger partial charge in [-0.25, -0.2) is 0 Å². The molecule has 1 aliphatic heterocycles. The van der Waals surface area contributed by atoms with Gasteiger partial charge in [0.15, 0.2) is 5.11 Å². The van der Waals surface area contributed by atoms with E-state index in [4.69, 9.17) is 12.2 Å². The molecule has 0 amide bonds. The van der Waals surface area contributed by atoms with E-state index in [1.807, 2.05) is 49.4 Å². The maximum absolute atomic E-state index is 11.0. The number of anilines is 1. The van der Waals surface area contributed by atoms with E-state index in [2.05, 4.69) is 27.0 Å². The summed E-state index contributed by atoms with van der Waals surface area (Å²) < 4.78 is 2.21. The number of hydrogen-bond acceptors (Lipinski definition) is 3.